The number of aliphatic imine (C=N–C) groups is 1. The molecule has 1 fully saturated rings. The lowest BCUT2D eigenvalue weighted by Crippen LogP contribution is -2.57. The quantitative estimate of drug-likeness (QED) is 0.607. The number of hydrogen-bond acceptors (Lipinski definition) is 3. The topological polar surface area (TPSA) is 58.7 Å². The molecule has 0 aromatic heterocycles. The van der Waals surface area contributed by atoms with E-state index in [0.29, 0.717) is 12.3 Å². The lowest BCUT2D eigenvalue weighted by Gasteiger charge is -2.43. The van der Waals surface area contributed by atoms with Gasteiger partial charge in [0.2, 0.25) is 5.96 Å². The fourth-order valence-electron chi connectivity index (χ4n) is 3.77. The molecule has 24 heavy (non-hydrogen) atoms. The van der Waals surface area contributed by atoms with Crippen LogP contribution in [0.25, 0.3) is 0 Å². The molecule has 3 atom stereocenters. The van der Waals surface area contributed by atoms with Crippen LogP contribution in [-0.4, -0.2) is 37.2 Å². The lowest BCUT2D eigenvalue weighted by molar-refractivity contribution is 0.406. The standard InChI is InChI=1S/C17H25F2N3OS/c1-5-14(19)13(8-11(2)18)16(3)17(9-12-6-7-12)10-24(17,23)22(4)15(20)21-16/h8,10,12H,5-7,9H2,1-4H3,(H2,20,21). The predicted molar refractivity (Wildman–Crippen MR) is 95.4 cm³/mol. The molecule has 0 radical (unpaired) electrons. The first-order valence-corrected chi connectivity index (χ1v) is 9.91. The largest absolute Gasteiger partial charge is 0.369 e. The Morgan fingerprint density at radius 3 is 2.67 bits per heavy atom. The van der Waals surface area contributed by atoms with Gasteiger partial charge in [-0.15, -0.1) is 0 Å². The molecule has 2 aliphatic heterocycles. The molecule has 2 heterocycles. The molecule has 0 spiro atoms. The average Bonchev–Trinajstić information content (AvgIpc) is 3.41. The molecular formula is C17H25F2N3OS. The van der Waals surface area contributed by atoms with Crippen LogP contribution in [0.3, 0.4) is 0 Å². The Morgan fingerprint density at radius 1 is 1.54 bits per heavy atom. The fraction of sp³-hybridized carbons (Fsp3) is 0.647. The van der Waals surface area contributed by atoms with Crippen molar-refractivity contribution in [1.82, 2.24) is 4.31 Å². The van der Waals surface area contributed by atoms with E-state index in [-0.39, 0.29) is 18.0 Å². The summed E-state index contributed by atoms with van der Waals surface area (Å²) in [5.41, 5.74) is 4.99. The van der Waals surface area contributed by atoms with Crippen LogP contribution >= 0.6 is 0 Å². The van der Waals surface area contributed by atoms with Gasteiger partial charge >= 0.3 is 0 Å². The van der Waals surface area contributed by atoms with E-state index < -0.39 is 31.6 Å². The Hall–Kier alpha value is -1.37. The van der Waals surface area contributed by atoms with Gasteiger partial charge in [0.05, 0.1) is 15.5 Å². The van der Waals surface area contributed by atoms with Crippen LogP contribution < -0.4 is 5.73 Å². The molecule has 2 N–H and O–H groups in total. The third kappa shape index (κ3) is 2.24. The zero-order valence-corrected chi connectivity index (χ0v) is 15.4. The number of fused-ring (bicyclic) bond motifs is 1. The van der Waals surface area contributed by atoms with Crippen molar-refractivity contribution in [2.24, 2.45) is 16.6 Å². The van der Waals surface area contributed by atoms with E-state index in [1.165, 1.54) is 17.3 Å². The van der Waals surface area contributed by atoms with Crippen LogP contribution in [0, 0.1) is 5.92 Å². The number of hydrogen-bond donors (Lipinski definition) is 1. The van der Waals surface area contributed by atoms with E-state index in [2.05, 4.69) is 4.99 Å². The number of nitrogens with zero attached hydrogens (tertiary/aromatic N) is 2. The van der Waals surface area contributed by atoms with E-state index >= 15 is 0 Å². The highest BCUT2D eigenvalue weighted by molar-refractivity contribution is 8.10. The minimum atomic E-state index is -2.54. The maximum absolute atomic E-state index is 14.7. The Kier molecular flexibility index (Phi) is 3.86. The number of allylic oxidation sites excluding steroid dienone is 2. The van der Waals surface area contributed by atoms with Gasteiger partial charge in [-0.3, -0.25) is 4.31 Å². The van der Waals surface area contributed by atoms with Gasteiger partial charge < -0.3 is 5.73 Å². The molecule has 3 rings (SSSR count). The maximum Gasteiger partial charge on any atom is 0.203 e. The SMILES string of the molecule is CCC(F)=C(C=C(C)F)C1(C)N=C(N)N(C)S2(=O)=CC12CC1CC1. The smallest absolute Gasteiger partial charge is 0.203 e. The molecule has 1 saturated carbocycles. The second-order valence-corrected chi connectivity index (χ2v) is 9.82. The first-order valence-electron chi connectivity index (χ1n) is 8.33. The highest BCUT2D eigenvalue weighted by Gasteiger charge is 2.70. The Labute approximate surface area is 142 Å². The summed E-state index contributed by atoms with van der Waals surface area (Å²) in [5, 5.41) is 1.77. The molecule has 1 aliphatic carbocycles. The van der Waals surface area contributed by atoms with Gasteiger partial charge in [0.25, 0.3) is 0 Å². The Balaban J connectivity index is 2.21. The molecule has 134 valence electrons. The normalized spacial score (nSPS) is 39.7. The number of nitrogens with two attached hydrogens (primary N) is 1. The summed E-state index contributed by atoms with van der Waals surface area (Å²) in [6.07, 6.45) is 4.14. The predicted octanol–water partition coefficient (Wildman–Crippen LogP) is 3.07. The second kappa shape index (κ2) is 5.31. The highest BCUT2D eigenvalue weighted by atomic mass is 32.2. The van der Waals surface area contributed by atoms with Crippen LogP contribution in [-0.2, 0) is 9.71 Å². The minimum absolute atomic E-state index is 0.106. The van der Waals surface area contributed by atoms with Crippen molar-refractivity contribution in [2.75, 3.05) is 7.05 Å². The maximum atomic E-state index is 14.7. The summed E-state index contributed by atoms with van der Waals surface area (Å²) in [7, 11) is -0.886. The van der Waals surface area contributed by atoms with Gasteiger partial charge in [0.1, 0.15) is 16.1 Å². The molecule has 0 saturated heterocycles. The molecular weight excluding hydrogens is 332 g/mol. The Morgan fingerprint density at radius 2 is 2.17 bits per heavy atom. The molecule has 7 heteroatoms. The summed E-state index contributed by atoms with van der Waals surface area (Å²) < 4.78 is 42.6. The van der Waals surface area contributed by atoms with E-state index in [1.54, 1.807) is 26.3 Å². The molecule has 0 aromatic rings. The summed E-state index contributed by atoms with van der Waals surface area (Å²) in [6, 6.07) is 0. The van der Waals surface area contributed by atoms with Crippen LogP contribution in [0.15, 0.2) is 28.3 Å². The first-order chi connectivity index (χ1) is 11.1. The molecule has 0 bridgehead atoms. The lowest BCUT2D eigenvalue weighted by atomic mass is 9.76. The fourth-order valence-corrected chi connectivity index (χ4v) is 6.97. The first kappa shape index (κ1) is 17.5. The van der Waals surface area contributed by atoms with Crippen LogP contribution in [0.4, 0.5) is 8.78 Å². The van der Waals surface area contributed by atoms with Gasteiger partial charge in [0, 0.05) is 18.0 Å². The van der Waals surface area contributed by atoms with Crippen LogP contribution in [0.1, 0.15) is 46.5 Å². The molecule has 4 nitrogen and oxygen atoms in total. The minimum Gasteiger partial charge on any atom is -0.369 e. The molecule has 3 unspecified atom stereocenters. The third-order valence-electron chi connectivity index (χ3n) is 5.47. The average molecular weight is 357 g/mol. The van der Waals surface area contributed by atoms with Gasteiger partial charge in [0.15, 0.2) is 0 Å². The summed E-state index contributed by atoms with van der Waals surface area (Å²) in [5.74, 6) is -0.369. The number of rotatable bonds is 5. The Bertz CT molecular complexity index is 786. The van der Waals surface area contributed by atoms with Gasteiger partial charge in [-0.25, -0.2) is 18.0 Å². The zero-order valence-electron chi connectivity index (χ0n) is 14.6. The summed E-state index contributed by atoms with van der Waals surface area (Å²) >= 11 is 0. The van der Waals surface area contributed by atoms with Crippen molar-refractivity contribution >= 4 is 21.0 Å². The van der Waals surface area contributed by atoms with E-state index in [4.69, 9.17) is 5.73 Å². The molecule has 0 amide bonds. The second-order valence-electron chi connectivity index (χ2n) is 7.17. The van der Waals surface area contributed by atoms with Gasteiger partial charge in [-0.05, 0) is 38.7 Å². The van der Waals surface area contributed by atoms with E-state index in [9.17, 15) is 13.0 Å². The molecule has 3 aliphatic rings. The van der Waals surface area contributed by atoms with Crippen molar-refractivity contribution in [3.8, 4) is 0 Å². The van der Waals surface area contributed by atoms with Gasteiger partial charge in [-0.2, -0.15) is 0 Å². The van der Waals surface area contributed by atoms with Crippen molar-refractivity contribution in [1.29, 1.82) is 0 Å². The zero-order chi connectivity index (χ0) is 17.9. The summed E-state index contributed by atoms with van der Waals surface area (Å²) in [4.78, 5) is 4.54. The molecule has 0 aromatic carbocycles. The van der Waals surface area contributed by atoms with E-state index in [1.807, 2.05) is 0 Å². The van der Waals surface area contributed by atoms with Crippen molar-refractivity contribution in [3.05, 3.63) is 23.3 Å². The van der Waals surface area contributed by atoms with Crippen molar-refractivity contribution in [2.45, 2.75) is 56.7 Å². The monoisotopic (exact) mass is 357 g/mol. The van der Waals surface area contributed by atoms with Crippen molar-refractivity contribution < 1.29 is 13.0 Å². The third-order valence-corrected chi connectivity index (χ3v) is 8.66. The van der Waals surface area contributed by atoms with Crippen LogP contribution in [0.2, 0.25) is 0 Å². The number of guanidine groups is 1. The van der Waals surface area contributed by atoms with Crippen LogP contribution in [0.5, 0.6) is 0 Å². The van der Waals surface area contributed by atoms with E-state index in [0.717, 1.165) is 12.8 Å². The highest BCUT2D eigenvalue weighted by Crippen LogP contribution is 2.57. The van der Waals surface area contributed by atoms with Crippen molar-refractivity contribution in [3.63, 3.8) is 0 Å². The number of halogens is 2. The van der Waals surface area contributed by atoms with Gasteiger partial charge in [-0.1, -0.05) is 19.8 Å². The summed E-state index contributed by atoms with van der Waals surface area (Å²) in [6.45, 7) is 4.68.